The van der Waals surface area contributed by atoms with E-state index in [0.717, 1.165) is 5.75 Å². The van der Waals surface area contributed by atoms with E-state index in [2.05, 4.69) is 6.92 Å². The second kappa shape index (κ2) is 6.83. The van der Waals surface area contributed by atoms with Gasteiger partial charge in [-0.15, -0.1) is 0 Å². The maximum absolute atomic E-state index is 10.8. The first kappa shape index (κ1) is 14.3. The van der Waals surface area contributed by atoms with E-state index < -0.39 is 0 Å². The summed E-state index contributed by atoms with van der Waals surface area (Å²) in [5, 5.41) is 11.3. The van der Waals surface area contributed by atoms with Crippen molar-refractivity contribution in [3.05, 3.63) is 38.9 Å². The average molecular weight is 275 g/mol. The maximum Gasteiger partial charge on any atom is 0.273 e. The Hall–Kier alpha value is -0.780. The van der Waals surface area contributed by atoms with E-state index in [4.69, 9.17) is 17.3 Å². The molecule has 0 aromatic heterocycles. The molecule has 1 rings (SSSR count). The molecule has 1 unspecified atom stereocenters. The fraction of sp³-hybridized carbons (Fsp3) is 0.455. The Morgan fingerprint density at radius 1 is 1.59 bits per heavy atom. The zero-order valence-electron chi connectivity index (χ0n) is 9.56. The van der Waals surface area contributed by atoms with Gasteiger partial charge in [-0.3, -0.25) is 10.1 Å². The number of hydrogen-bond acceptors (Lipinski definition) is 4. The predicted octanol–water partition coefficient (Wildman–Crippen LogP) is 3.08. The number of hydrogen-bond donors (Lipinski definition) is 1. The molecule has 1 aromatic rings. The second-order valence-electron chi connectivity index (χ2n) is 3.89. The highest BCUT2D eigenvalue weighted by molar-refractivity contribution is 7.98. The quantitative estimate of drug-likeness (QED) is 0.639. The van der Waals surface area contributed by atoms with E-state index in [1.165, 1.54) is 12.1 Å². The number of nitrogens with zero attached hydrogens (tertiary/aromatic N) is 1. The zero-order chi connectivity index (χ0) is 12.8. The number of halogens is 1. The molecule has 94 valence electrons. The van der Waals surface area contributed by atoms with Gasteiger partial charge in [0.2, 0.25) is 0 Å². The number of nitrogens with two attached hydrogens (primary N) is 1. The molecule has 17 heavy (non-hydrogen) atoms. The van der Waals surface area contributed by atoms with Gasteiger partial charge in [0.25, 0.3) is 5.69 Å². The second-order valence-corrected chi connectivity index (χ2v) is 5.35. The van der Waals surface area contributed by atoms with Gasteiger partial charge >= 0.3 is 0 Å². The molecule has 0 amide bonds. The van der Waals surface area contributed by atoms with Gasteiger partial charge in [-0.1, -0.05) is 18.5 Å². The van der Waals surface area contributed by atoms with Crippen LogP contribution in [0.5, 0.6) is 0 Å². The van der Waals surface area contributed by atoms with Crippen molar-refractivity contribution in [2.24, 2.45) is 11.7 Å². The fourth-order valence-electron chi connectivity index (χ4n) is 1.29. The van der Waals surface area contributed by atoms with Crippen molar-refractivity contribution in [3.8, 4) is 0 Å². The Bertz CT molecular complexity index is 401. The van der Waals surface area contributed by atoms with Crippen LogP contribution in [0.2, 0.25) is 5.02 Å². The molecule has 0 aliphatic carbocycles. The van der Waals surface area contributed by atoms with Crippen LogP contribution < -0.4 is 5.73 Å². The number of nitro benzene ring substituents is 1. The van der Waals surface area contributed by atoms with Crippen LogP contribution in [0.1, 0.15) is 12.5 Å². The Morgan fingerprint density at radius 2 is 2.29 bits per heavy atom. The molecular weight excluding hydrogens is 260 g/mol. The summed E-state index contributed by atoms with van der Waals surface area (Å²) in [7, 11) is 0. The van der Waals surface area contributed by atoms with Crippen LogP contribution >= 0.6 is 23.4 Å². The van der Waals surface area contributed by atoms with Crippen molar-refractivity contribution in [1.29, 1.82) is 0 Å². The van der Waals surface area contributed by atoms with Crippen LogP contribution in [0.15, 0.2) is 18.2 Å². The van der Waals surface area contributed by atoms with E-state index >= 15 is 0 Å². The molecule has 1 atom stereocenters. The molecule has 0 fully saturated rings. The largest absolute Gasteiger partial charge is 0.330 e. The maximum atomic E-state index is 10.8. The zero-order valence-corrected chi connectivity index (χ0v) is 11.1. The summed E-state index contributed by atoms with van der Waals surface area (Å²) in [5.74, 6) is 1.89. The van der Waals surface area contributed by atoms with E-state index in [1.807, 2.05) is 0 Å². The topological polar surface area (TPSA) is 69.2 Å². The molecular formula is C11H15ClN2O2S. The Kier molecular flexibility index (Phi) is 5.74. The third-order valence-electron chi connectivity index (χ3n) is 2.30. The molecule has 2 N–H and O–H groups in total. The van der Waals surface area contributed by atoms with Crippen molar-refractivity contribution in [3.63, 3.8) is 0 Å². The molecule has 0 heterocycles. The van der Waals surface area contributed by atoms with Crippen LogP contribution in [0.25, 0.3) is 0 Å². The summed E-state index contributed by atoms with van der Waals surface area (Å²) in [6, 6.07) is 4.64. The minimum Gasteiger partial charge on any atom is -0.330 e. The molecule has 0 aliphatic rings. The van der Waals surface area contributed by atoms with Gasteiger partial charge in [-0.2, -0.15) is 11.8 Å². The van der Waals surface area contributed by atoms with Crippen molar-refractivity contribution in [2.45, 2.75) is 12.7 Å². The van der Waals surface area contributed by atoms with Crippen LogP contribution in [0, 0.1) is 16.0 Å². The van der Waals surface area contributed by atoms with E-state index in [9.17, 15) is 10.1 Å². The van der Waals surface area contributed by atoms with Crippen LogP contribution in [-0.2, 0) is 5.75 Å². The summed E-state index contributed by atoms with van der Waals surface area (Å²) in [4.78, 5) is 10.4. The van der Waals surface area contributed by atoms with Gasteiger partial charge in [-0.25, -0.2) is 0 Å². The van der Waals surface area contributed by atoms with Gasteiger partial charge in [0.15, 0.2) is 0 Å². The molecule has 0 aliphatic heterocycles. The third kappa shape index (κ3) is 4.53. The summed E-state index contributed by atoms with van der Waals surface area (Å²) in [6.07, 6.45) is 0. The highest BCUT2D eigenvalue weighted by Gasteiger charge is 2.13. The van der Waals surface area contributed by atoms with Crippen molar-refractivity contribution in [2.75, 3.05) is 12.3 Å². The number of rotatable bonds is 6. The van der Waals surface area contributed by atoms with Crippen LogP contribution in [-0.4, -0.2) is 17.2 Å². The van der Waals surface area contributed by atoms with E-state index in [-0.39, 0.29) is 10.6 Å². The Balaban J connectivity index is 2.68. The van der Waals surface area contributed by atoms with Gasteiger partial charge in [0.1, 0.15) is 0 Å². The minimum absolute atomic E-state index is 0.127. The monoisotopic (exact) mass is 274 g/mol. The number of nitro groups is 1. The number of benzene rings is 1. The van der Waals surface area contributed by atoms with Crippen LogP contribution in [0.4, 0.5) is 5.69 Å². The van der Waals surface area contributed by atoms with Crippen molar-refractivity contribution < 1.29 is 4.92 Å². The third-order valence-corrected chi connectivity index (χ3v) is 3.86. The SMILES string of the molecule is CC(CN)CSCc1cc(Cl)ccc1[N+](=O)[O-]. The molecule has 1 aromatic carbocycles. The molecule has 6 heteroatoms. The van der Waals surface area contributed by atoms with Crippen LogP contribution in [0.3, 0.4) is 0 Å². The summed E-state index contributed by atoms with van der Waals surface area (Å²) < 4.78 is 0. The molecule has 0 saturated heterocycles. The molecule has 0 saturated carbocycles. The molecule has 0 bridgehead atoms. The Labute approximate surface area is 110 Å². The smallest absolute Gasteiger partial charge is 0.273 e. The number of thioether (sulfide) groups is 1. The summed E-state index contributed by atoms with van der Waals surface area (Å²) >= 11 is 7.47. The highest BCUT2D eigenvalue weighted by atomic mass is 35.5. The van der Waals surface area contributed by atoms with E-state index in [1.54, 1.807) is 17.8 Å². The first-order chi connectivity index (χ1) is 8.04. The van der Waals surface area contributed by atoms with E-state index in [0.29, 0.717) is 28.8 Å². The van der Waals surface area contributed by atoms with Crippen molar-refractivity contribution >= 4 is 29.1 Å². The fourth-order valence-corrected chi connectivity index (χ4v) is 2.59. The predicted molar refractivity (Wildman–Crippen MR) is 72.5 cm³/mol. The van der Waals surface area contributed by atoms with Gasteiger partial charge in [0, 0.05) is 22.4 Å². The van der Waals surface area contributed by atoms with Crippen molar-refractivity contribution in [1.82, 2.24) is 0 Å². The lowest BCUT2D eigenvalue weighted by Crippen LogP contribution is -2.12. The average Bonchev–Trinajstić information content (AvgIpc) is 2.28. The summed E-state index contributed by atoms with van der Waals surface area (Å²) in [6.45, 7) is 2.68. The molecule has 0 spiro atoms. The first-order valence-electron chi connectivity index (χ1n) is 5.25. The molecule has 0 radical (unpaired) electrons. The first-order valence-corrected chi connectivity index (χ1v) is 6.78. The summed E-state index contributed by atoms with van der Waals surface area (Å²) in [5.41, 5.74) is 6.30. The highest BCUT2D eigenvalue weighted by Crippen LogP contribution is 2.27. The normalized spacial score (nSPS) is 12.4. The Morgan fingerprint density at radius 3 is 2.88 bits per heavy atom. The van der Waals surface area contributed by atoms with Gasteiger partial charge in [0.05, 0.1) is 4.92 Å². The lowest BCUT2D eigenvalue weighted by molar-refractivity contribution is -0.385. The lowest BCUT2D eigenvalue weighted by Gasteiger charge is -2.08. The molecule has 4 nitrogen and oxygen atoms in total. The minimum atomic E-state index is -0.376. The standard InChI is InChI=1S/C11H15ClN2O2S/c1-8(5-13)6-17-7-9-4-10(12)2-3-11(9)14(15)16/h2-4,8H,5-7,13H2,1H3. The van der Waals surface area contributed by atoms with Gasteiger partial charge in [-0.05, 0) is 30.3 Å². The van der Waals surface area contributed by atoms with Gasteiger partial charge < -0.3 is 5.73 Å². The lowest BCUT2D eigenvalue weighted by atomic mass is 10.2.